The summed E-state index contributed by atoms with van der Waals surface area (Å²) in [7, 11) is 0. The maximum absolute atomic E-state index is 12.4. The molecule has 1 aliphatic heterocycles. The average Bonchev–Trinajstić information content (AvgIpc) is 2.49. The van der Waals surface area contributed by atoms with Gasteiger partial charge in [0.05, 0.1) is 18.0 Å². The zero-order valence-corrected chi connectivity index (χ0v) is 15.1. The molecule has 7 heteroatoms. The number of primary amides is 1. The Labute approximate surface area is 147 Å². The topological polar surface area (TPSA) is 101 Å². The molecule has 0 aromatic heterocycles. The summed E-state index contributed by atoms with van der Waals surface area (Å²) in [4.78, 5) is 26.3. The van der Waals surface area contributed by atoms with Gasteiger partial charge in [-0.25, -0.2) is 0 Å². The molecule has 24 heavy (non-hydrogen) atoms. The molecule has 5 N–H and O–H groups in total. The molecule has 0 spiro atoms. The molecule has 1 aromatic rings. The number of nitrogens with zero attached hydrogens (tertiary/aromatic N) is 1. The molecule has 0 aliphatic carbocycles. The van der Waals surface area contributed by atoms with Gasteiger partial charge in [0.2, 0.25) is 11.8 Å². The summed E-state index contributed by atoms with van der Waals surface area (Å²) in [5, 5.41) is 2.94. The van der Waals surface area contributed by atoms with Crippen LogP contribution in [0.3, 0.4) is 0 Å². The summed E-state index contributed by atoms with van der Waals surface area (Å²) in [5.74, 6) is -0.258. The number of para-hydroxylation sites is 1. The molecule has 1 aromatic carbocycles. The van der Waals surface area contributed by atoms with Crippen molar-refractivity contribution in [2.45, 2.75) is 31.2 Å². The number of piperidine rings is 1. The van der Waals surface area contributed by atoms with Crippen LogP contribution in [0.4, 0.5) is 5.69 Å². The van der Waals surface area contributed by atoms with Gasteiger partial charge in [-0.2, -0.15) is 0 Å². The highest BCUT2D eigenvalue weighted by Crippen LogP contribution is 2.28. The van der Waals surface area contributed by atoms with E-state index >= 15 is 0 Å². The minimum atomic E-state index is -0.381. The van der Waals surface area contributed by atoms with Crippen LogP contribution in [0.15, 0.2) is 29.2 Å². The van der Waals surface area contributed by atoms with Crippen LogP contribution < -0.4 is 16.8 Å². The molecule has 0 bridgehead atoms. The van der Waals surface area contributed by atoms with Gasteiger partial charge in [-0.1, -0.05) is 26.0 Å². The third-order valence-electron chi connectivity index (χ3n) is 4.29. The first-order valence-electron chi connectivity index (χ1n) is 8.06. The lowest BCUT2D eigenvalue weighted by Crippen LogP contribution is -2.53. The molecular weight excluding hydrogens is 324 g/mol. The Morgan fingerprint density at radius 2 is 2.08 bits per heavy atom. The number of rotatable bonds is 6. The first kappa shape index (κ1) is 18.8. The van der Waals surface area contributed by atoms with Gasteiger partial charge in [-0.15, -0.1) is 11.8 Å². The highest BCUT2D eigenvalue weighted by Gasteiger charge is 2.33. The molecule has 1 fully saturated rings. The summed E-state index contributed by atoms with van der Waals surface area (Å²) in [6, 6.07) is 7.59. The van der Waals surface area contributed by atoms with E-state index in [1.807, 2.05) is 24.3 Å². The number of anilines is 1. The second-order valence-corrected chi connectivity index (χ2v) is 7.91. The van der Waals surface area contributed by atoms with Gasteiger partial charge in [0.15, 0.2) is 0 Å². The van der Waals surface area contributed by atoms with Gasteiger partial charge >= 0.3 is 0 Å². The van der Waals surface area contributed by atoms with E-state index in [-0.39, 0.29) is 29.0 Å². The predicted octanol–water partition coefficient (Wildman–Crippen LogP) is 1.26. The molecule has 0 radical (unpaired) electrons. The number of amides is 2. The Kier molecular flexibility index (Phi) is 6.26. The minimum absolute atomic E-state index is 0.00771. The first-order chi connectivity index (χ1) is 11.3. The number of carbonyl (C=O) groups excluding carboxylic acids is 2. The van der Waals surface area contributed by atoms with Crippen molar-refractivity contribution in [2.24, 2.45) is 16.9 Å². The van der Waals surface area contributed by atoms with Crippen LogP contribution >= 0.6 is 11.8 Å². The Balaban J connectivity index is 1.94. The molecular formula is C17H26N4O2S. The highest BCUT2D eigenvalue weighted by molar-refractivity contribution is 8.00. The predicted molar refractivity (Wildman–Crippen MR) is 97.8 cm³/mol. The fraction of sp³-hybridized carbons (Fsp3) is 0.529. The average molecular weight is 350 g/mol. The Morgan fingerprint density at radius 3 is 2.75 bits per heavy atom. The van der Waals surface area contributed by atoms with Gasteiger partial charge in [0, 0.05) is 24.0 Å². The highest BCUT2D eigenvalue weighted by atomic mass is 32.2. The van der Waals surface area contributed by atoms with Gasteiger partial charge in [0.1, 0.15) is 0 Å². The third kappa shape index (κ3) is 5.22. The van der Waals surface area contributed by atoms with Gasteiger partial charge in [-0.3, -0.25) is 14.5 Å². The lowest BCUT2D eigenvalue weighted by molar-refractivity contribution is -0.118. The quantitative estimate of drug-likeness (QED) is 0.671. The lowest BCUT2D eigenvalue weighted by Gasteiger charge is -2.42. The normalized spacial score (nSPS) is 20.5. The smallest absolute Gasteiger partial charge is 0.238 e. The molecule has 132 valence electrons. The van der Waals surface area contributed by atoms with Gasteiger partial charge < -0.3 is 16.8 Å². The van der Waals surface area contributed by atoms with Crippen molar-refractivity contribution in [3.8, 4) is 0 Å². The number of thioether (sulfide) groups is 1. The number of nitrogens with one attached hydrogen (secondary N) is 1. The van der Waals surface area contributed by atoms with E-state index in [4.69, 9.17) is 11.5 Å². The largest absolute Gasteiger partial charge is 0.369 e. The summed E-state index contributed by atoms with van der Waals surface area (Å²) in [5.41, 5.74) is 12.0. The molecule has 1 saturated heterocycles. The molecule has 2 amide bonds. The van der Waals surface area contributed by atoms with Crippen LogP contribution in [0.5, 0.6) is 0 Å². The number of carbonyl (C=O) groups is 2. The van der Waals surface area contributed by atoms with Crippen LogP contribution in [0.2, 0.25) is 0 Å². The van der Waals surface area contributed by atoms with Crippen molar-refractivity contribution in [1.82, 2.24) is 4.90 Å². The van der Waals surface area contributed by atoms with Crippen LogP contribution in [-0.4, -0.2) is 48.1 Å². The van der Waals surface area contributed by atoms with Gasteiger partial charge in [-0.05, 0) is 24.0 Å². The van der Waals surface area contributed by atoms with Gasteiger partial charge in [0.25, 0.3) is 0 Å². The van der Waals surface area contributed by atoms with E-state index in [0.29, 0.717) is 12.2 Å². The van der Waals surface area contributed by atoms with Crippen molar-refractivity contribution in [3.63, 3.8) is 0 Å². The Hall–Kier alpha value is -1.57. The second kappa shape index (κ2) is 8.00. The number of hydrogen-bond acceptors (Lipinski definition) is 5. The van der Waals surface area contributed by atoms with Crippen molar-refractivity contribution in [1.29, 1.82) is 0 Å². The molecule has 0 saturated carbocycles. The molecule has 1 atom stereocenters. The minimum Gasteiger partial charge on any atom is -0.369 e. The maximum Gasteiger partial charge on any atom is 0.238 e. The van der Waals surface area contributed by atoms with E-state index in [9.17, 15) is 9.59 Å². The molecule has 1 heterocycles. The van der Waals surface area contributed by atoms with E-state index < -0.39 is 0 Å². The number of benzene rings is 1. The molecule has 1 aliphatic rings. The zero-order chi connectivity index (χ0) is 17.7. The SMILES string of the molecule is CC1(C)CN(CC(=O)Nc2ccccc2SCC(N)=O)CCC1N. The van der Waals surface area contributed by atoms with Crippen LogP contribution in [0.25, 0.3) is 0 Å². The van der Waals surface area contributed by atoms with Crippen molar-refractivity contribution >= 4 is 29.3 Å². The number of likely N-dealkylation sites (tertiary alicyclic amines) is 1. The molecule has 2 rings (SSSR count). The lowest BCUT2D eigenvalue weighted by atomic mass is 9.80. The van der Waals surface area contributed by atoms with Crippen molar-refractivity contribution in [3.05, 3.63) is 24.3 Å². The number of hydrogen-bond donors (Lipinski definition) is 3. The van der Waals surface area contributed by atoms with E-state index in [0.717, 1.165) is 24.4 Å². The van der Waals surface area contributed by atoms with Crippen molar-refractivity contribution in [2.75, 3.05) is 30.7 Å². The van der Waals surface area contributed by atoms with Crippen LogP contribution in [0.1, 0.15) is 20.3 Å². The maximum atomic E-state index is 12.4. The second-order valence-electron chi connectivity index (χ2n) is 6.89. The fourth-order valence-electron chi connectivity index (χ4n) is 2.86. The van der Waals surface area contributed by atoms with E-state index in [2.05, 4.69) is 24.1 Å². The zero-order valence-electron chi connectivity index (χ0n) is 14.2. The van der Waals surface area contributed by atoms with Crippen LogP contribution in [-0.2, 0) is 9.59 Å². The summed E-state index contributed by atoms with van der Waals surface area (Å²) in [6.45, 7) is 6.25. The standard InChI is InChI=1S/C17H26N4O2S/c1-17(2)11-21(8-7-14(17)18)9-16(23)20-12-5-3-4-6-13(12)24-10-15(19)22/h3-6,14H,7-11,18H2,1-2H3,(H2,19,22)(H,20,23). The molecule has 6 nitrogen and oxygen atoms in total. The Bertz CT molecular complexity index is 606. The first-order valence-corrected chi connectivity index (χ1v) is 9.04. The molecule has 1 unspecified atom stereocenters. The monoisotopic (exact) mass is 350 g/mol. The van der Waals surface area contributed by atoms with E-state index in [1.165, 1.54) is 11.8 Å². The summed E-state index contributed by atoms with van der Waals surface area (Å²) >= 11 is 1.32. The summed E-state index contributed by atoms with van der Waals surface area (Å²) in [6.07, 6.45) is 0.894. The van der Waals surface area contributed by atoms with Crippen molar-refractivity contribution < 1.29 is 9.59 Å². The van der Waals surface area contributed by atoms with Crippen LogP contribution in [0, 0.1) is 5.41 Å². The van der Waals surface area contributed by atoms with E-state index in [1.54, 1.807) is 0 Å². The number of nitrogens with two attached hydrogens (primary N) is 2. The third-order valence-corrected chi connectivity index (χ3v) is 5.39. The fourth-order valence-corrected chi connectivity index (χ4v) is 3.60. The summed E-state index contributed by atoms with van der Waals surface area (Å²) < 4.78 is 0. The Morgan fingerprint density at radius 1 is 1.38 bits per heavy atom.